The summed E-state index contributed by atoms with van der Waals surface area (Å²) in [5.41, 5.74) is 1.67. The van der Waals surface area contributed by atoms with Gasteiger partial charge in [0.25, 0.3) is 5.91 Å². The molecule has 0 radical (unpaired) electrons. The van der Waals surface area contributed by atoms with E-state index in [1.807, 2.05) is 35.2 Å². The average Bonchev–Trinajstić information content (AvgIpc) is 2.48. The minimum absolute atomic E-state index is 0.121. The molecule has 1 amide bonds. The summed E-state index contributed by atoms with van der Waals surface area (Å²) in [4.78, 5) is 19.1. The molecule has 1 aliphatic carbocycles. The molecule has 1 aromatic carbocycles. The molecule has 21 heavy (non-hydrogen) atoms. The van der Waals surface area contributed by atoms with E-state index in [9.17, 15) is 4.79 Å². The number of benzene rings is 1. The van der Waals surface area contributed by atoms with Gasteiger partial charge in [0.15, 0.2) is 0 Å². The summed E-state index contributed by atoms with van der Waals surface area (Å²) in [5.74, 6) is 0.716. The molecule has 1 heterocycles. The molecular formula is C17H19ClN2O. The van der Waals surface area contributed by atoms with Crippen molar-refractivity contribution in [3.8, 4) is 0 Å². The highest BCUT2D eigenvalue weighted by molar-refractivity contribution is 6.17. The summed E-state index contributed by atoms with van der Waals surface area (Å²) >= 11 is 5.79. The molecule has 1 aliphatic rings. The third kappa shape index (κ3) is 3.03. The Kier molecular flexibility index (Phi) is 4.39. The van der Waals surface area contributed by atoms with E-state index < -0.39 is 0 Å². The van der Waals surface area contributed by atoms with Crippen LogP contribution in [0.2, 0.25) is 0 Å². The summed E-state index contributed by atoms with van der Waals surface area (Å²) in [7, 11) is 0. The first-order valence-electron chi connectivity index (χ1n) is 7.51. The number of alkyl halides is 1. The highest BCUT2D eigenvalue weighted by Gasteiger charge is 2.28. The molecule has 2 aromatic rings. The molecular weight excluding hydrogens is 284 g/mol. The molecule has 1 saturated carbocycles. The van der Waals surface area contributed by atoms with E-state index in [2.05, 4.69) is 4.98 Å². The summed E-state index contributed by atoms with van der Waals surface area (Å²) < 4.78 is 0. The number of amides is 1. The number of rotatable bonds is 5. The van der Waals surface area contributed by atoms with Gasteiger partial charge < -0.3 is 4.90 Å². The van der Waals surface area contributed by atoms with Crippen LogP contribution in [0.5, 0.6) is 0 Å². The Morgan fingerprint density at radius 1 is 1.33 bits per heavy atom. The first-order valence-corrected chi connectivity index (χ1v) is 8.05. The monoisotopic (exact) mass is 302 g/mol. The number of aromatic nitrogens is 1. The molecule has 110 valence electrons. The quantitative estimate of drug-likeness (QED) is 0.786. The predicted molar refractivity (Wildman–Crippen MR) is 85.8 cm³/mol. The zero-order chi connectivity index (χ0) is 14.7. The number of halogens is 1. The molecule has 0 atom stereocenters. The second kappa shape index (κ2) is 6.44. The molecule has 0 aliphatic heterocycles. The van der Waals surface area contributed by atoms with Gasteiger partial charge in [0, 0.05) is 35.6 Å². The predicted octanol–water partition coefficient (Wildman–Crippen LogP) is 3.86. The van der Waals surface area contributed by atoms with Crippen molar-refractivity contribution in [1.82, 2.24) is 9.88 Å². The first-order chi connectivity index (χ1) is 10.3. The molecule has 0 bridgehead atoms. The third-order valence-electron chi connectivity index (χ3n) is 4.16. The largest absolute Gasteiger partial charge is 0.336 e. The molecule has 0 N–H and O–H groups in total. The van der Waals surface area contributed by atoms with E-state index in [-0.39, 0.29) is 5.91 Å². The Labute approximate surface area is 129 Å². The van der Waals surface area contributed by atoms with Crippen LogP contribution in [0.25, 0.3) is 10.9 Å². The van der Waals surface area contributed by atoms with Gasteiger partial charge in [-0.15, -0.1) is 11.6 Å². The third-order valence-corrected chi connectivity index (χ3v) is 4.43. The van der Waals surface area contributed by atoms with Crippen molar-refractivity contribution in [1.29, 1.82) is 0 Å². The van der Waals surface area contributed by atoms with Gasteiger partial charge in [-0.25, -0.2) is 0 Å². The lowest BCUT2D eigenvalue weighted by Gasteiger charge is -2.37. The van der Waals surface area contributed by atoms with Crippen molar-refractivity contribution in [2.45, 2.75) is 31.7 Å². The van der Waals surface area contributed by atoms with Gasteiger partial charge in [-0.3, -0.25) is 9.78 Å². The van der Waals surface area contributed by atoms with Crippen LogP contribution in [-0.2, 0) is 0 Å². The lowest BCUT2D eigenvalue weighted by molar-refractivity contribution is 0.0581. The number of hydrogen-bond donors (Lipinski definition) is 0. The van der Waals surface area contributed by atoms with Crippen molar-refractivity contribution in [3.05, 3.63) is 42.1 Å². The maximum absolute atomic E-state index is 12.8. The Bertz CT molecular complexity index is 639. The Hall–Kier alpha value is -1.61. The second-order valence-corrected chi connectivity index (χ2v) is 5.91. The van der Waals surface area contributed by atoms with Crippen LogP contribution in [0, 0.1) is 0 Å². The Balaban J connectivity index is 1.85. The van der Waals surface area contributed by atoms with Crippen LogP contribution >= 0.6 is 11.6 Å². The van der Waals surface area contributed by atoms with Crippen molar-refractivity contribution in [3.63, 3.8) is 0 Å². The van der Waals surface area contributed by atoms with Gasteiger partial charge in [-0.2, -0.15) is 0 Å². The minimum Gasteiger partial charge on any atom is -0.336 e. The standard InChI is InChI=1S/C17H19ClN2O/c18-9-3-11-20(15-5-1-6-15)17(21)14-7-8-16-13(12-14)4-2-10-19-16/h2,4,7-8,10,12,15H,1,3,5-6,9,11H2. The number of nitrogens with zero attached hydrogens (tertiary/aromatic N) is 2. The molecule has 4 heteroatoms. The lowest BCUT2D eigenvalue weighted by Crippen LogP contribution is -2.44. The topological polar surface area (TPSA) is 33.2 Å². The fourth-order valence-electron chi connectivity index (χ4n) is 2.75. The molecule has 3 nitrogen and oxygen atoms in total. The van der Waals surface area contributed by atoms with Gasteiger partial charge in [0.05, 0.1) is 5.52 Å². The normalized spacial score (nSPS) is 14.9. The van der Waals surface area contributed by atoms with Crippen molar-refractivity contribution in [2.75, 3.05) is 12.4 Å². The summed E-state index contributed by atoms with van der Waals surface area (Å²) in [6.45, 7) is 0.748. The molecule has 0 spiro atoms. The summed E-state index contributed by atoms with van der Waals surface area (Å²) in [5, 5.41) is 1.01. The second-order valence-electron chi connectivity index (χ2n) is 5.54. The van der Waals surface area contributed by atoms with Crippen LogP contribution in [-0.4, -0.2) is 34.3 Å². The Morgan fingerprint density at radius 2 is 2.19 bits per heavy atom. The van der Waals surface area contributed by atoms with Crippen LogP contribution in [0.3, 0.4) is 0 Å². The molecule has 0 unspecified atom stereocenters. The minimum atomic E-state index is 0.121. The zero-order valence-corrected chi connectivity index (χ0v) is 12.7. The number of hydrogen-bond acceptors (Lipinski definition) is 2. The number of carbonyl (C=O) groups excluding carboxylic acids is 1. The summed E-state index contributed by atoms with van der Waals surface area (Å²) in [6.07, 6.45) is 6.06. The van der Waals surface area contributed by atoms with Gasteiger partial charge >= 0.3 is 0 Å². The van der Waals surface area contributed by atoms with E-state index in [0.717, 1.165) is 42.3 Å². The summed E-state index contributed by atoms with van der Waals surface area (Å²) in [6, 6.07) is 10.0. The Morgan fingerprint density at radius 3 is 2.90 bits per heavy atom. The van der Waals surface area contributed by atoms with Crippen molar-refractivity contribution in [2.24, 2.45) is 0 Å². The number of fused-ring (bicyclic) bond motifs is 1. The van der Waals surface area contributed by atoms with E-state index in [4.69, 9.17) is 11.6 Å². The fourth-order valence-corrected chi connectivity index (χ4v) is 2.87. The molecule has 1 aromatic heterocycles. The highest BCUT2D eigenvalue weighted by Crippen LogP contribution is 2.27. The van der Waals surface area contributed by atoms with E-state index in [0.29, 0.717) is 11.9 Å². The van der Waals surface area contributed by atoms with Crippen molar-refractivity contribution < 1.29 is 4.79 Å². The zero-order valence-electron chi connectivity index (χ0n) is 12.0. The lowest BCUT2D eigenvalue weighted by atomic mass is 9.90. The number of carbonyl (C=O) groups is 1. The molecule has 1 fully saturated rings. The van der Waals surface area contributed by atoms with E-state index in [1.54, 1.807) is 6.20 Å². The van der Waals surface area contributed by atoms with Crippen LogP contribution < -0.4 is 0 Å². The van der Waals surface area contributed by atoms with Gasteiger partial charge in [0.2, 0.25) is 0 Å². The van der Waals surface area contributed by atoms with E-state index >= 15 is 0 Å². The van der Waals surface area contributed by atoms with Gasteiger partial charge in [-0.05, 0) is 49.9 Å². The van der Waals surface area contributed by atoms with Gasteiger partial charge in [0.1, 0.15) is 0 Å². The highest BCUT2D eigenvalue weighted by atomic mass is 35.5. The maximum atomic E-state index is 12.8. The molecule has 0 saturated heterocycles. The number of pyridine rings is 1. The first kappa shape index (κ1) is 14.3. The smallest absolute Gasteiger partial charge is 0.254 e. The van der Waals surface area contributed by atoms with Crippen LogP contribution in [0.1, 0.15) is 36.0 Å². The van der Waals surface area contributed by atoms with Crippen LogP contribution in [0.15, 0.2) is 36.5 Å². The SMILES string of the molecule is O=C(c1ccc2ncccc2c1)N(CCCCl)C1CCC1. The van der Waals surface area contributed by atoms with E-state index in [1.165, 1.54) is 6.42 Å². The van der Waals surface area contributed by atoms with Gasteiger partial charge in [-0.1, -0.05) is 6.07 Å². The van der Waals surface area contributed by atoms with Crippen LogP contribution in [0.4, 0.5) is 0 Å². The molecule has 3 rings (SSSR count). The average molecular weight is 303 g/mol. The fraction of sp³-hybridized carbons (Fsp3) is 0.412. The van der Waals surface area contributed by atoms with Crippen molar-refractivity contribution >= 4 is 28.4 Å². The maximum Gasteiger partial charge on any atom is 0.254 e.